The van der Waals surface area contributed by atoms with E-state index in [-0.39, 0.29) is 47.1 Å². The molecule has 41 heavy (non-hydrogen) atoms. The van der Waals surface area contributed by atoms with Gasteiger partial charge in [0.05, 0.1) is 13.0 Å². The van der Waals surface area contributed by atoms with E-state index in [2.05, 4.69) is 25.6 Å². The lowest BCUT2D eigenvalue weighted by Crippen LogP contribution is -2.70. The Balaban J connectivity index is 1.52. The average Bonchev–Trinajstić information content (AvgIpc) is 3.33. The van der Waals surface area contributed by atoms with Crippen LogP contribution in [0.2, 0.25) is 0 Å². The number of fused-ring (bicyclic) bond motifs is 1. The first-order valence-corrected chi connectivity index (χ1v) is 13.6. The number of carbonyl (C=O) groups is 4. The van der Waals surface area contributed by atoms with E-state index in [1.54, 1.807) is 7.05 Å². The topological polar surface area (TPSA) is 192 Å². The normalized spacial score (nSPS) is 18.6. The Morgan fingerprint density at radius 2 is 2.05 bits per heavy atom. The summed E-state index contributed by atoms with van der Waals surface area (Å²) in [6, 6.07) is 1.67. The van der Waals surface area contributed by atoms with Crippen molar-refractivity contribution in [1.29, 1.82) is 0 Å². The van der Waals surface area contributed by atoms with E-state index in [9.17, 15) is 37.5 Å². The van der Waals surface area contributed by atoms with E-state index < -0.39 is 47.0 Å². The zero-order valence-corrected chi connectivity index (χ0v) is 22.9. The highest BCUT2D eigenvalue weighted by molar-refractivity contribution is 8.01. The van der Waals surface area contributed by atoms with Gasteiger partial charge in [-0.05, 0) is 27.6 Å². The second kappa shape index (κ2) is 12.0. The molecule has 1 saturated heterocycles. The van der Waals surface area contributed by atoms with Crippen molar-refractivity contribution >= 4 is 53.0 Å². The van der Waals surface area contributed by atoms with Crippen LogP contribution in [0.1, 0.15) is 11.1 Å². The van der Waals surface area contributed by atoms with Crippen LogP contribution in [0.25, 0.3) is 0 Å². The minimum atomic E-state index is -5.44. The molecular weight excluding hydrogens is 595 g/mol. The third kappa shape index (κ3) is 6.25. The molecule has 4 N–H and O–H groups in total. The molecule has 2 aromatic rings. The minimum Gasteiger partial charge on any atom is -0.508 e. The lowest BCUT2D eigenvalue weighted by molar-refractivity contribution is -0.201. The van der Waals surface area contributed by atoms with Crippen molar-refractivity contribution in [2.45, 2.75) is 35.8 Å². The molecule has 2 aliphatic rings. The number of ether oxygens (including phenoxy) is 2. The number of β-lactam (4-membered cyclic amide) rings is 1. The van der Waals surface area contributed by atoms with Crippen LogP contribution >= 0.6 is 23.5 Å². The molecule has 2 aliphatic heterocycles. The highest BCUT2D eigenvalue weighted by atomic mass is 32.2. The fourth-order valence-electron chi connectivity index (χ4n) is 4.02. The predicted octanol–water partition coefficient (Wildman–Crippen LogP) is 0.265. The van der Waals surface area contributed by atoms with Crippen LogP contribution in [0.4, 0.5) is 18.9 Å². The standard InChI is InChI=1S/C22H22F3N7O7S2/c1-31-21(28-29-30-31)41-8-10-7-40-18-15(17(35)32(18)16(10)19(36)39-20(37)22(23,24)25)27-13(34)5-9-3-4-12(33)11(6-38-2)14(9)26/h3-4,15,18,33H,5-8,26H2,1-2H3,(H,27,34). The zero-order chi connectivity index (χ0) is 30.1. The molecule has 0 bridgehead atoms. The van der Waals surface area contributed by atoms with Gasteiger partial charge in [0.25, 0.3) is 5.91 Å². The number of alkyl halides is 3. The number of tetrazole rings is 1. The Hall–Kier alpha value is -3.84. The number of amides is 2. The Morgan fingerprint density at radius 1 is 1.32 bits per heavy atom. The molecule has 1 aromatic carbocycles. The molecule has 0 aliphatic carbocycles. The molecule has 4 rings (SSSR count). The second-order valence-corrected chi connectivity index (χ2v) is 10.7. The van der Waals surface area contributed by atoms with Crippen LogP contribution in [0.5, 0.6) is 5.75 Å². The maximum absolute atomic E-state index is 13.1. The van der Waals surface area contributed by atoms with Crippen molar-refractivity contribution in [3.05, 3.63) is 34.5 Å². The number of phenolic OH excluding ortho intramolecular Hbond substituents is 1. The number of nitrogens with one attached hydrogen (secondary N) is 1. The van der Waals surface area contributed by atoms with Crippen molar-refractivity contribution < 1.29 is 46.9 Å². The van der Waals surface area contributed by atoms with Crippen LogP contribution in [0, 0.1) is 0 Å². The number of aryl methyl sites for hydroxylation is 1. The molecule has 220 valence electrons. The van der Waals surface area contributed by atoms with Crippen molar-refractivity contribution in [1.82, 2.24) is 30.4 Å². The summed E-state index contributed by atoms with van der Waals surface area (Å²) in [7, 11) is 2.96. The number of aromatic hydroxyl groups is 1. The van der Waals surface area contributed by atoms with Crippen LogP contribution in [-0.2, 0) is 48.7 Å². The fourth-order valence-corrected chi connectivity index (χ4v) is 6.35. The Labute approximate surface area is 237 Å². The molecular formula is C22H22F3N7O7S2. The number of hydrogen-bond acceptors (Lipinski definition) is 13. The SMILES string of the molecule is COCc1c(O)ccc(CC(=O)NC2C(=O)N3C(C(=O)OC(=O)C(F)(F)F)=C(CSc4nnnn4C)CSC23)c1N. The van der Waals surface area contributed by atoms with Gasteiger partial charge in [-0.25, -0.2) is 14.3 Å². The summed E-state index contributed by atoms with van der Waals surface area (Å²) in [5.74, 6) is -5.84. The summed E-state index contributed by atoms with van der Waals surface area (Å²) in [6.45, 7) is -0.00223. The summed E-state index contributed by atoms with van der Waals surface area (Å²) >= 11 is 2.20. The van der Waals surface area contributed by atoms with Gasteiger partial charge in [-0.2, -0.15) is 13.2 Å². The molecule has 1 fully saturated rings. The highest BCUT2D eigenvalue weighted by Gasteiger charge is 2.55. The van der Waals surface area contributed by atoms with Gasteiger partial charge in [0, 0.05) is 36.9 Å². The number of carbonyl (C=O) groups excluding carboxylic acids is 4. The van der Waals surface area contributed by atoms with Crippen LogP contribution < -0.4 is 11.1 Å². The van der Waals surface area contributed by atoms with E-state index in [0.29, 0.717) is 10.7 Å². The molecule has 0 radical (unpaired) electrons. The van der Waals surface area contributed by atoms with Gasteiger partial charge in [0.15, 0.2) is 0 Å². The molecule has 0 saturated carbocycles. The highest BCUT2D eigenvalue weighted by Crippen LogP contribution is 2.42. The summed E-state index contributed by atoms with van der Waals surface area (Å²) in [5, 5.41) is 22.9. The number of thioether (sulfide) groups is 2. The summed E-state index contributed by atoms with van der Waals surface area (Å²) in [5.41, 5.74) is 6.54. The summed E-state index contributed by atoms with van der Waals surface area (Å²) in [6.07, 6.45) is -5.70. The van der Waals surface area contributed by atoms with Gasteiger partial charge in [0.1, 0.15) is 22.9 Å². The smallest absolute Gasteiger partial charge is 0.491 e. The largest absolute Gasteiger partial charge is 0.508 e. The number of nitrogens with two attached hydrogens (primary N) is 1. The van der Waals surface area contributed by atoms with Crippen LogP contribution in [0.15, 0.2) is 28.6 Å². The predicted molar refractivity (Wildman–Crippen MR) is 136 cm³/mol. The third-order valence-electron chi connectivity index (χ3n) is 5.99. The number of nitrogen functional groups attached to an aromatic ring is 1. The minimum absolute atomic E-state index is 0.00223. The van der Waals surface area contributed by atoms with Crippen molar-refractivity contribution in [3.8, 4) is 5.75 Å². The Kier molecular flexibility index (Phi) is 8.78. The van der Waals surface area contributed by atoms with E-state index in [0.717, 1.165) is 28.4 Å². The first kappa shape index (κ1) is 30.1. The van der Waals surface area contributed by atoms with Gasteiger partial charge in [-0.15, -0.1) is 16.9 Å². The van der Waals surface area contributed by atoms with Crippen LogP contribution in [0.3, 0.4) is 0 Å². The van der Waals surface area contributed by atoms with Gasteiger partial charge in [-0.3, -0.25) is 14.5 Å². The number of hydrogen-bond donors (Lipinski definition) is 3. The number of methoxy groups -OCH3 is 1. The number of benzene rings is 1. The van der Waals surface area contributed by atoms with Crippen LogP contribution in [-0.4, -0.2) is 90.2 Å². The maximum atomic E-state index is 13.1. The molecule has 2 unspecified atom stereocenters. The third-order valence-corrected chi connectivity index (χ3v) is 8.43. The number of rotatable bonds is 9. The van der Waals surface area contributed by atoms with Crippen molar-refractivity contribution in [3.63, 3.8) is 0 Å². The van der Waals surface area contributed by atoms with Gasteiger partial charge in [-0.1, -0.05) is 17.8 Å². The van der Waals surface area contributed by atoms with E-state index >= 15 is 0 Å². The monoisotopic (exact) mass is 617 g/mol. The van der Waals surface area contributed by atoms with E-state index in [1.807, 2.05) is 0 Å². The Morgan fingerprint density at radius 3 is 2.68 bits per heavy atom. The lowest BCUT2D eigenvalue weighted by Gasteiger charge is -2.49. The number of phenols is 1. The summed E-state index contributed by atoms with van der Waals surface area (Å²) < 4.78 is 48.7. The molecule has 14 nitrogen and oxygen atoms in total. The molecule has 2 amide bonds. The fraction of sp³-hybridized carbons (Fsp3) is 0.409. The Bertz CT molecular complexity index is 1430. The average molecular weight is 618 g/mol. The number of nitrogens with zero attached hydrogens (tertiary/aromatic N) is 5. The number of anilines is 1. The number of esters is 2. The van der Waals surface area contributed by atoms with Gasteiger partial charge in [0.2, 0.25) is 11.1 Å². The quantitative estimate of drug-likeness (QED) is 0.114. The summed E-state index contributed by atoms with van der Waals surface area (Å²) in [4.78, 5) is 50.9. The molecule has 19 heteroatoms. The van der Waals surface area contributed by atoms with Crippen molar-refractivity contribution in [2.75, 3.05) is 24.3 Å². The first-order chi connectivity index (χ1) is 19.3. The maximum Gasteiger partial charge on any atom is 0.491 e. The zero-order valence-electron chi connectivity index (χ0n) is 21.3. The molecule has 1 aromatic heterocycles. The molecule has 2 atom stereocenters. The van der Waals surface area contributed by atoms with Gasteiger partial charge >= 0.3 is 18.1 Å². The number of halogens is 3. The molecule has 3 heterocycles. The van der Waals surface area contributed by atoms with E-state index in [1.165, 1.54) is 23.9 Å². The van der Waals surface area contributed by atoms with Gasteiger partial charge < -0.3 is 25.6 Å². The van der Waals surface area contributed by atoms with Crippen molar-refractivity contribution in [2.24, 2.45) is 7.05 Å². The number of aromatic nitrogens is 4. The first-order valence-electron chi connectivity index (χ1n) is 11.6. The second-order valence-electron chi connectivity index (χ2n) is 8.70. The van der Waals surface area contributed by atoms with E-state index in [4.69, 9.17) is 10.5 Å². The lowest BCUT2D eigenvalue weighted by atomic mass is 10.0. The molecule has 0 spiro atoms.